The van der Waals surface area contributed by atoms with Gasteiger partial charge in [-0.2, -0.15) is 0 Å². The maximum atomic E-state index is 12.3. The number of nitrogens with two attached hydrogens (primary N) is 1. The van der Waals surface area contributed by atoms with Crippen molar-refractivity contribution in [3.63, 3.8) is 0 Å². The highest BCUT2D eigenvalue weighted by Crippen LogP contribution is 2.37. The lowest BCUT2D eigenvalue weighted by Crippen LogP contribution is -2.44. The fraction of sp³-hybridized carbons (Fsp3) is 0.500. The highest BCUT2D eigenvalue weighted by atomic mass is 16.4. The van der Waals surface area contributed by atoms with E-state index >= 15 is 0 Å². The zero-order chi connectivity index (χ0) is 15.3. The van der Waals surface area contributed by atoms with Crippen LogP contribution in [0.15, 0.2) is 24.3 Å². The van der Waals surface area contributed by atoms with Gasteiger partial charge in [0.2, 0.25) is 5.91 Å². The second kappa shape index (κ2) is 6.72. The fourth-order valence-electron chi connectivity index (χ4n) is 3.02. The number of amides is 1. The van der Waals surface area contributed by atoms with E-state index in [2.05, 4.69) is 5.32 Å². The van der Waals surface area contributed by atoms with Crippen LogP contribution in [-0.2, 0) is 11.2 Å². The van der Waals surface area contributed by atoms with Crippen LogP contribution in [0.25, 0.3) is 0 Å². The van der Waals surface area contributed by atoms with E-state index < -0.39 is 11.4 Å². The Hall–Kier alpha value is -1.88. The number of carbonyl (C=O) groups excluding carboxylic acids is 1. The van der Waals surface area contributed by atoms with E-state index in [0.29, 0.717) is 25.1 Å². The summed E-state index contributed by atoms with van der Waals surface area (Å²) in [6.45, 7) is 0.815. The van der Waals surface area contributed by atoms with Gasteiger partial charge < -0.3 is 16.2 Å². The van der Waals surface area contributed by atoms with Crippen LogP contribution < -0.4 is 11.1 Å². The first kappa shape index (κ1) is 15.5. The van der Waals surface area contributed by atoms with E-state index in [0.717, 1.165) is 31.2 Å². The molecule has 0 bridgehead atoms. The molecule has 0 atom stereocenters. The number of benzene rings is 1. The Morgan fingerprint density at radius 2 is 1.90 bits per heavy atom. The highest BCUT2D eigenvalue weighted by molar-refractivity contribution is 5.89. The zero-order valence-corrected chi connectivity index (χ0v) is 12.1. The molecule has 1 amide bonds. The summed E-state index contributed by atoms with van der Waals surface area (Å²) in [4.78, 5) is 23.4. The fourth-order valence-corrected chi connectivity index (χ4v) is 3.02. The molecule has 0 radical (unpaired) electrons. The molecular formula is C16H22N2O3. The lowest BCUT2D eigenvalue weighted by atomic mass is 9.85. The van der Waals surface area contributed by atoms with E-state index in [9.17, 15) is 9.59 Å². The van der Waals surface area contributed by atoms with Crippen molar-refractivity contribution in [2.24, 2.45) is 11.1 Å². The van der Waals surface area contributed by atoms with Crippen LogP contribution in [-0.4, -0.2) is 30.1 Å². The van der Waals surface area contributed by atoms with Crippen LogP contribution in [0.3, 0.4) is 0 Å². The average molecular weight is 290 g/mol. The molecule has 1 saturated carbocycles. The predicted molar refractivity (Wildman–Crippen MR) is 80.1 cm³/mol. The van der Waals surface area contributed by atoms with Gasteiger partial charge in [-0.3, -0.25) is 4.79 Å². The van der Waals surface area contributed by atoms with E-state index in [1.165, 1.54) is 0 Å². The van der Waals surface area contributed by atoms with Gasteiger partial charge in [-0.05, 0) is 30.9 Å². The van der Waals surface area contributed by atoms with E-state index in [-0.39, 0.29) is 5.91 Å². The molecule has 5 nitrogen and oxygen atoms in total. The van der Waals surface area contributed by atoms with Crippen LogP contribution in [0.2, 0.25) is 0 Å². The van der Waals surface area contributed by atoms with Gasteiger partial charge in [-0.25, -0.2) is 4.79 Å². The van der Waals surface area contributed by atoms with Crippen LogP contribution in [0, 0.1) is 5.41 Å². The summed E-state index contributed by atoms with van der Waals surface area (Å²) < 4.78 is 0. The number of aromatic carboxylic acids is 1. The Bertz CT molecular complexity index is 522. The van der Waals surface area contributed by atoms with Gasteiger partial charge in [-0.15, -0.1) is 0 Å². The summed E-state index contributed by atoms with van der Waals surface area (Å²) >= 11 is 0. The van der Waals surface area contributed by atoms with Crippen molar-refractivity contribution in [3.05, 3.63) is 35.4 Å². The monoisotopic (exact) mass is 290 g/mol. The smallest absolute Gasteiger partial charge is 0.335 e. The van der Waals surface area contributed by atoms with E-state index in [1.807, 2.05) is 6.07 Å². The zero-order valence-electron chi connectivity index (χ0n) is 12.1. The molecule has 1 fully saturated rings. The molecule has 1 aliphatic rings. The summed E-state index contributed by atoms with van der Waals surface area (Å²) in [6, 6.07) is 6.87. The Morgan fingerprint density at radius 3 is 2.52 bits per heavy atom. The van der Waals surface area contributed by atoms with Crippen LogP contribution >= 0.6 is 0 Å². The maximum absolute atomic E-state index is 12.3. The summed E-state index contributed by atoms with van der Waals surface area (Å²) in [5.41, 5.74) is 6.39. The van der Waals surface area contributed by atoms with E-state index in [4.69, 9.17) is 10.8 Å². The molecule has 0 aromatic heterocycles. The third-order valence-electron chi connectivity index (χ3n) is 4.36. The maximum Gasteiger partial charge on any atom is 0.335 e. The van der Waals surface area contributed by atoms with Gasteiger partial charge in [0.05, 0.1) is 11.0 Å². The summed E-state index contributed by atoms with van der Waals surface area (Å²) in [5, 5.41) is 12.0. The number of carbonyl (C=O) groups is 2. The summed E-state index contributed by atoms with van der Waals surface area (Å²) in [5.74, 6) is -0.929. The van der Waals surface area contributed by atoms with Crippen LogP contribution in [0.4, 0.5) is 0 Å². The number of nitrogens with one attached hydrogen (secondary N) is 1. The first-order valence-electron chi connectivity index (χ1n) is 7.39. The topological polar surface area (TPSA) is 92.4 Å². The standard InChI is InChI=1S/C16H22N2O3/c17-11-16(8-3-4-9-16)15(21)18-10-7-12-5-1-2-6-13(12)14(19)20/h1-2,5-6H,3-4,7-11,17H2,(H,18,21)(H,19,20). The number of carboxylic acids is 1. The number of rotatable bonds is 6. The molecule has 21 heavy (non-hydrogen) atoms. The molecule has 1 aromatic carbocycles. The molecular weight excluding hydrogens is 268 g/mol. The van der Waals surface area contributed by atoms with Crippen molar-refractivity contribution >= 4 is 11.9 Å². The minimum atomic E-state index is -0.939. The SMILES string of the molecule is NCC1(C(=O)NCCc2ccccc2C(=O)O)CCCC1. The molecule has 1 aliphatic carbocycles. The normalized spacial score (nSPS) is 16.6. The van der Waals surface area contributed by atoms with Crippen molar-refractivity contribution in [3.8, 4) is 0 Å². The molecule has 0 saturated heterocycles. The number of carboxylic acid groups (broad SMARTS) is 1. The Morgan fingerprint density at radius 1 is 1.24 bits per heavy atom. The predicted octanol–water partition coefficient (Wildman–Crippen LogP) is 1.56. The molecule has 0 spiro atoms. The average Bonchev–Trinajstić information content (AvgIpc) is 2.97. The molecule has 114 valence electrons. The lowest BCUT2D eigenvalue weighted by Gasteiger charge is -2.25. The van der Waals surface area contributed by atoms with Gasteiger partial charge in [0.25, 0.3) is 0 Å². The molecule has 4 N–H and O–H groups in total. The number of hydrogen-bond donors (Lipinski definition) is 3. The Labute approximate surface area is 124 Å². The third-order valence-corrected chi connectivity index (χ3v) is 4.36. The number of hydrogen-bond acceptors (Lipinski definition) is 3. The molecule has 5 heteroatoms. The first-order chi connectivity index (χ1) is 10.1. The minimum Gasteiger partial charge on any atom is -0.478 e. The van der Waals surface area contributed by atoms with Gasteiger partial charge in [-0.1, -0.05) is 31.0 Å². The van der Waals surface area contributed by atoms with Crippen LogP contribution in [0.5, 0.6) is 0 Å². The summed E-state index contributed by atoms with van der Waals surface area (Å²) in [6.07, 6.45) is 4.30. The first-order valence-corrected chi connectivity index (χ1v) is 7.39. The largest absolute Gasteiger partial charge is 0.478 e. The highest BCUT2D eigenvalue weighted by Gasteiger charge is 2.39. The quantitative estimate of drug-likeness (QED) is 0.741. The van der Waals surface area contributed by atoms with Crippen molar-refractivity contribution in [2.45, 2.75) is 32.1 Å². The molecule has 0 aliphatic heterocycles. The van der Waals surface area contributed by atoms with Crippen molar-refractivity contribution in [1.29, 1.82) is 0 Å². The summed E-state index contributed by atoms with van der Waals surface area (Å²) in [7, 11) is 0. The van der Waals surface area contributed by atoms with Crippen molar-refractivity contribution < 1.29 is 14.7 Å². The van der Waals surface area contributed by atoms with Crippen LogP contribution in [0.1, 0.15) is 41.6 Å². The Balaban J connectivity index is 1.93. The van der Waals surface area contributed by atoms with Crippen molar-refractivity contribution in [1.82, 2.24) is 5.32 Å². The van der Waals surface area contributed by atoms with Gasteiger partial charge >= 0.3 is 5.97 Å². The molecule has 0 heterocycles. The van der Waals surface area contributed by atoms with Gasteiger partial charge in [0, 0.05) is 13.1 Å². The van der Waals surface area contributed by atoms with Crippen molar-refractivity contribution in [2.75, 3.05) is 13.1 Å². The third kappa shape index (κ3) is 3.42. The Kier molecular flexibility index (Phi) is 4.96. The molecule has 0 unspecified atom stereocenters. The second-order valence-corrected chi connectivity index (χ2v) is 5.66. The molecule has 2 rings (SSSR count). The van der Waals surface area contributed by atoms with Gasteiger partial charge in [0.1, 0.15) is 0 Å². The molecule has 1 aromatic rings. The minimum absolute atomic E-state index is 0.00954. The lowest BCUT2D eigenvalue weighted by molar-refractivity contribution is -0.130. The second-order valence-electron chi connectivity index (χ2n) is 5.66. The van der Waals surface area contributed by atoms with Gasteiger partial charge in [0.15, 0.2) is 0 Å². The van der Waals surface area contributed by atoms with E-state index in [1.54, 1.807) is 18.2 Å².